The van der Waals surface area contributed by atoms with Gasteiger partial charge in [-0.05, 0) is 43.5 Å². The lowest BCUT2D eigenvalue weighted by atomic mass is 10.1. The summed E-state index contributed by atoms with van der Waals surface area (Å²) in [6.45, 7) is 0.680. The molecule has 2 heterocycles. The Morgan fingerprint density at radius 3 is 2.88 bits per heavy atom. The molecule has 1 fully saturated rings. The van der Waals surface area contributed by atoms with Crippen molar-refractivity contribution in [3.63, 3.8) is 0 Å². The minimum atomic E-state index is 0.602. The summed E-state index contributed by atoms with van der Waals surface area (Å²) >= 11 is 0. The molecule has 2 aromatic heterocycles. The Labute approximate surface area is 101 Å². The number of nitrogens with two attached hydrogens (primary N) is 1. The number of nitrogens with zero attached hydrogens (tertiary/aromatic N) is 3. The molecule has 0 bridgehead atoms. The highest BCUT2D eigenvalue weighted by Gasteiger charge is 2.21. The summed E-state index contributed by atoms with van der Waals surface area (Å²) in [6.07, 6.45) is 8.16. The van der Waals surface area contributed by atoms with Crippen LogP contribution in [0.4, 0.5) is 0 Å². The van der Waals surface area contributed by atoms with Crippen LogP contribution >= 0.6 is 0 Å². The van der Waals surface area contributed by atoms with Crippen molar-refractivity contribution in [2.24, 2.45) is 5.73 Å². The van der Waals surface area contributed by atoms with Crippen molar-refractivity contribution >= 4 is 5.65 Å². The van der Waals surface area contributed by atoms with Gasteiger partial charge in [-0.25, -0.2) is 0 Å². The highest BCUT2D eigenvalue weighted by molar-refractivity contribution is 5.41. The van der Waals surface area contributed by atoms with Crippen LogP contribution in [0.2, 0.25) is 0 Å². The Morgan fingerprint density at radius 2 is 2.12 bits per heavy atom. The Hall–Kier alpha value is -1.42. The van der Waals surface area contributed by atoms with Crippen LogP contribution in [0.3, 0.4) is 0 Å². The quantitative estimate of drug-likeness (QED) is 0.876. The fourth-order valence-corrected chi connectivity index (χ4v) is 2.74. The molecule has 0 aromatic carbocycles. The van der Waals surface area contributed by atoms with Gasteiger partial charge in [0.1, 0.15) is 5.82 Å². The summed E-state index contributed by atoms with van der Waals surface area (Å²) in [6, 6.07) is 4.22. The van der Waals surface area contributed by atoms with E-state index in [9.17, 15) is 0 Å². The molecular formula is C13H18N4. The van der Waals surface area contributed by atoms with Gasteiger partial charge in [0, 0.05) is 12.1 Å². The topological polar surface area (TPSA) is 56.2 Å². The molecule has 0 aliphatic heterocycles. The molecular weight excluding hydrogens is 212 g/mol. The first-order chi connectivity index (χ1) is 8.38. The fraction of sp³-hybridized carbons (Fsp3) is 0.538. The molecule has 4 heteroatoms. The second kappa shape index (κ2) is 4.45. The van der Waals surface area contributed by atoms with E-state index in [1.165, 1.54) is 31.2 Å². The number of hydrogen-bond donors (Lipinski definition) is 1. The highest BCUT2D eigenvalue weighted by atomic mass is 15.2. The summed E-state index contributed by atoms with van der Waals surface area (Å²) < 4.78 is 2.13. The van der Waals surface area contributed by atoms with Crippen molar-refractivity contribution in [1.82, 2.24) is 14.6 Å². The van der Waals surface area contributed by atoms with Crippen LogP contribution in [0, 0.1) is 0 Å². The van der Waals surface area contributed by atoms with E-state index in [1.807, 2.05) is 0 Å². The van der Waals surface area contributed by atoms with Crippen LogP contribution in [-0.2, 0) is 6.42 Å². The maximum Gasteiger partial charge on any atom is 0.161 e. The summed E-state index contributed by atoms with van der Waals surface area (Å²) in [5.74, 6) is 1.74. The molecule has 90 valence electrons. The number of pyridine rings is 1. The van der Waals surface area contributed by atoms with Crippen molar-refractivity contribution in [1.29, 1.82) is 0 Å². The largest absolute Gasteiger partial charge is 0.330 e. The second-order valence-corrected chi connectivity index (χ2v) is 4.84. The van der Waals surface area contributed by atoms with E-state index in [1.54, 1.807) is 0 Å². The summed E-state index contributed by atoms with van der Waals surface area (Å²) in [4.78, 5) is 0. The zero-order chi connectivity index (χ0) is 11.7. The molecule has 4 nitrogen and oxygen atoms in total. The maximum atomic E-state index is 5.57. The minimum absolute atomic E-state index is 0.602. The third-order valence-corrected chi connectivity index (χ3v) is 3.65. The lowest BCUT2D eigenvalue weighted by molar-refractivity contribution is 0.658. The van der Waals surface area contributed by atoms with Crippen molar-refractivity contribution in [2.45, 2.75) is 38.0 Å². The van der Waals surface area contributed by atoms with Crippen LogP contribution in [0.25, 0.3) is 5.65 Å². The fourth-order valence-electron chi connectivity index (χ4n) is 2.74. The van der Waals surface area contributed by atoms with E-state index in [-0.39, 0.29) is 0 Å². The van der Waals surface area contributed by atoms with Crippen LogP contribution in [0.15, 0.2) is 18.3 Å². The van der Waals surface area contributed by atoms with E-state index in [2.05, 4.69) is 32.9 Å². The van der Waals surface area contributed by atoms with Crippen LogP contribution in [0.1, 0.15) is 43.0 Å². The molecule has 0 saturated heterocycles. The van der Waals surface area contributed by atoms with Crippen LogP contribution in [0.5, 0.6) is 0 Å². The smallest absolute Gasteiger partial charge is 0.161 e. The van der Waals surface area contributed by atoms with Crippen LogP contribution in [-0.4, -0.2) is 21.1 Å². The normalized spacial score (nSPS) is 17.0. The molecule has 17 heavy (non-hydrogen) atoms. The van der Waals surface area contributed by atoms with Gasteiger partial charge < -0.3 is 5.73 Å². The average molecular weight is 230 g/mol. The third-order valence-electron chi connectivity index (χ3n) is 3.65. The van der Waals surface area contributed by atoms with E-state index in [4.69, 9.17) is 5.73 Å². The Kier molecular flexibility index (Phi) is 2.81. The van der Waals surface area contributed by atoms with Crippen molar-refractivity contribution < 1.29 is 0 Å². The van der Waals surface area contributed by atoms with Crippen LogP contribution < -0.4 is 5.73 Å². The van der Waals surface area contributed by atoms with Gasteiger partial charge in [-0.15, -0.1) is 10.2 Å². The molecule has 0 unspecified atom stereocenters. The molecule has 0 spiro atoms. The number of fused-ring (bicyclic) bond motifs is 1. The molecule has 1 aliphatic carbocycles. The molecule has 0 amide bonds. The maximum absolute atomic E-state index is 5.57. The van der Waals surface area contributed by atoms with Gasteiger partial charge in [0.15, 0.2) is 5.65 Å². The molecule has 0 atom stereocenters. The average Bonchev–Trinajstić information content (AvgIpc) is 2.96. The van der Waals surface area contributed by atoms with Gasteiger partial charge in [0.05, 0.1) is 0 Å². The molecule has 3 rings (SSSR count). The van der Waals surface area contributed by atoms with Crippen molar-refractivity contribution in [3.8, 4) is 0 Å². The second-order valence-electron chi connectivity index (χ2n) is 4.84. The zero-order valence-corrected chi connectivity index (χ0v) is 9.97. The lowest BCUT2D eigenvalue weighted by Gasteiger charge is -2.07. The van der Waals surface area contributed by atoms with E-state index >= 15 is 0 Å². The van der Waals surface area contributed by atoms with E-state index < -0.39 is 0 Å². The first-order valence-electron chi connectivity index (χ1n) is 6.42. The summed E-state index contributed by atoms with van der Waals surface area (Å²) in [7, 11) is 0. The highest BCUT2D eigenvalue weighted by Crippen LogP contribution is 2.33. The molecule has 1 saturated carbocycles. The van der Waals surface area contributed by atoms with Gasteiger partial charge in [-0.2, -0.15) is 0 Å². The van der Waals surface area contributed by atoms with E-state index in [0.29, 0.717) is 12.5 Å². The standard InChI is InChI=1S/C13H18N4/c14-7-5-10-6-8-17-12(9-10)15-16-13(17)11-3-1-2-4-11/h6,8-9,11H,1-5,7,14H2. The predicted molar refractivity (Wildman–Crippen MR) is 67.0 cm³/mol. The molecule has 0 radical (unpaired) electrons. The van der Waals surface area contributed by atoms with Gasteiger partial charge >= 0.3 is 0 Å². The minimum Gasteiger partial charge on any atom is -0.330 e. The van der Waals surface area contributed by atoms with Crippen molar-refractivity contribution in [2.75, 3.05) is 6.54 Å². The van der Waals surface area contributed by atoms with Gasteiger partial charge in [-0.3, -0.25) is 4.40 Å². The van der Waals surface area contributed by atoms with E-state index in [0.717, 1.165) is 17.9 Å². The number of rotatable bonds is 3. The number of aromatic nitrogens is 3. The van der Waals surface area contributed by atoms with Crippen molar-refractivity contribution in [3.05, 3.63) is 29.7 Å². The summed E-state index contributed by atoms with van der Waals surface area (Å²) in [5, 5.41) is 8.64. The Balaban J connectivity index is 1.98. The first kappa shape index (κ1) is 10.7. The SMILES string of the molecule is NCCc1ccn2c(C3CCCC3)nnc2c1. The van der Waals surface area contributed by atoms with Gasteiger partial charge in [-0.1, -0.05) is 12.8 Å². The van der Waals surface area contributed by atoms with Gasteiger partial charge in [0.25, 0.3) is 0 Å². The molecule has 2 aromatic rings. The zero-order valence-electron chi connectivity index (χ0n) is 9.97. The van der Waals surface area contributed by atoms with Gasteiger partial charge in [0.2, 0.25) is 0 Å². The Morgan fingerprint density at radius 1 is 1.29 bits per heavy atom. The number of hydrogen-bond acceptors (Lipinski definition) is 3. The first-order valence-corrected chi connectivity index (χ1v) is 6.42. The monoisotopic (exact) mass is 230 g/mol. The summed E-state index contributed by atoms with van der Waals surface area (Å²) in [5.41, 5.74) is 7.76. The molecule has 2 N–H and O–H groups in total. The molecule has 1 aliphatic rings. The Bertz CT molecular complexity index is 511. The predicted octanol–water partition coefficient (Wildman–Crippen LogP) is 1.89. The third kappa shape index (κ3) is 1.93. The lowest BCUT2D eigenvalue weighted by Crippen LogP contribution is -2.04.